The van der Waals surface area contributed by atoms with Crippen molar-refractivity contribution in [3.63, 3.8) is 0 Å². The Morgan fingerprint density at radius 3 is 1.54 bits per heavy atom. The van der Waals surface area contributed by atoms with Crippen molar-refractivity contribution in [1.82, 2.24) is 0 Å². The molecule has 1 aromatic rings. The van der Waals surface area contributed by atoms with E-state index in [1.165, 1.54) is 0 Å². The maximum absolute atomic E-state index is 8.64. The predicted octanol–water partition coefficient (Wildman–Crippen LogP) is 2.98. The zero-order valence-corrected chi connectivity index (χ0v) is 14.0. The maximum Gasteiger partial charge on any atom is 0.0994 e. The van der Waals surface area contributed by atoms with Crippen molar-refractivity contribution < 1.29 is 10.4 Å². The predicted molar refractivity (Wildman–Crippen MR) is 97.6 cm³/mol. The van der Waals surface area contributed by atoms with Gasteiger partial charge in [0, 0.05) is 0 Å². The highest BCUT2D eigenvalue weighted by Crippen LogP contribution is 2.01. The summed E-state index contributed by atoms with van der Waals surface area (Å²) in [4.78, 5) is 0. The van der Waals surface area contributed by atoms with Crippen LogP contribution in [-0.4, -0.2) is 45.7 Å². The minimum Gasteiger partial charge on any atom is -0.411 e. The topological polar surface area (TPSA) is 115 Å². The smallest absolute Gasteiger partial charge is 0.0994 e. The van der Waals surface area contributed by atoms with Crippen LogP contribution < -0.4 is 0 Å². The Kier molecular flexibility index (Phi) is 7.69. The molecular weight excluding hydrogens is 308 g/mol. The maximum atomic E-state index is 8.64. The summed E-state index contributed by atoms with van der Waals surface area (Å²) >= 11 is 0. The molecule has 0 aliphatic carbocycles. The van der Waals surface area contributed by atoms with Gasteiger partial charge in [0.2, 0.25) is 0 Å². The van der Waals surface area contributed by atoms with Gasteiger partial charge in [-0.2, -0.15) is 20.4 Å². The number of oxime groups is 2. The number of hydrogen-bond acceptors (Lipinski definition) is 8. The Morgan fingerprint density at radius 1 is 0.750 bits per heavy atom. The van der Waals surface area contributed by atoms with Gasteiger partial charge in [-0.15, -0.1) is 0 Å². The van der Waals surface area contributed by atoms with Gasteiger partial charge in [-0.3, -0.25) is 0 Å². The number of hydrogen-bond donors (Lipinski definition) is 2. The highest BCUT2D eigenvalue weighted by atomic mass is 16.4. The second-order valence-electron chi connectivity index (χ2n) is 4.90. The van der Waals surface area contributed by atoms with Gasteiger partial charge in [-0.1, -0.05) is 28.5 Å². The Morgan fingerprint density at radius 2 is 1.17 bits per heavy atom. The largest absolute Gasteiger partial charge is 0.411 e. The molecule has 2 N–H and O–H groups in total. The van der Waals surface area contributed by atoms with Crippen LogP contribution in [0.15, 0.2) is 55.0 Å². The number of benzene rings is 1. The molecule has 0 bridgehead atoms. The van der Waals surface area contributed by atoms with Crippen LogP contribution in [0.2, 0.25) is 0 Å². The SMILES string of the molecule is CC(=N/N=C/c1cccc(/C=N/N=C(C)\C(C)=N\O)c1)/C(C)=N/O. The van der Waals surface area contributed by atoms with E-state index in [1.807, 2.05) is 24.3 Å². The molecule has 0 aliphatic heterocycles. The molecule has 0 saturated heterocycles. The fourth-order valence-corrected chi connectivity index (χ4v) is 1.37. The van der Waals surface area contributed by atoms with Gasteiger partial charge in [0.15, 0.2) is 0 Å². The van der Waals surface area contributed by atoms with Gasteiger partial charge in [0.1, 0.15) is 0 Å². The van der Waals surface area contributed by atoms with E-state index in [0.717, 1.165) is 11.1 Å². The molecule has 0 saturated carbocycles. The van der Waals surface area contributed by atoms with E-state index >= 15 is 0 Å². The van der Waals surface area contributed by atoms with Crippen molar-refractivity contribution in [2.75, 3.05) is 0 Å². The summed E-state index contributed by atoms with van der Waals surface area (Å²) in [7, 11) is 0. The lowest BCUT2D eigenvalue weighted by Gasteiger charge is -1.96. The Hall–Kier alpha value is -3.16. The van der Waals surface area contributed by atoms with E-state index in [4.69, 9.17) is 10.4 Å². The van der Waals surface area contributed by atoms with Gasteiger partial charge >= 0.3 is 0 Å². The second kappa shape index (κ2) is 9.78. The molecule has 0 amide bonds. The Balaban J connectivity index is 2.84. The van der Waals surface area contributed by atoms with Crippen LogP contribution in [0.4, 0.5) is 0 Å². The van der Waals surface area contributed by atoms with Crippen LogP contribution in [0.25, 0.3) is 0 Å². The lowest BCUT2D eigenvalue weighted by Crippen LogP contribution is -2.04. The summed E-state index contributed by atoms with van der Waals surface area (Å²) in [5.74, 6) is 0. The standard InChI is InChI=1S/C16H20N6O2/c1-11(13(3)21-23)19-17-9-15-6-5-7-16(8-15)10-18-20-12(2)14(4)22-24/h5-10,23-24H,1-4H3/b17-9+,18-10+,19-11-,20-12-,21-13+,22-14+. The fourth-order valence-electron chi connectivity index (χ4n) is 1.37. The Labute approximate surface area is 140 Å². The number of rotatable bonds is 6. The minimum absolute atomic E-state index is 0.406. The van der Waals surface area contributed by atoms with Crippen molar-refractivity contribution in [3.8, 4) is 0 Å². The quantitative estimate of drug-likeness (QED) is 0.475. The summed E-state index contributed by atoms with van der Waals surface area (Å²) in [5.41, 5.74) is 3.53. The van der Waals surface area contributed by atoms with E-state index in [2.05, 4.69) is 30.7 Å². The van der Waals surface area contributed by atoms with Crippen molar-refractivity contribution in [2.45, 2.75) is 27.7 Å². The molecule has 8 heteroatoms. The molecule has 0 spiro atoms. The lowest BCUT2D eigenvalue weighted by molar-refractivity contribution is 0.319. The van der Waals surface area contributed by atoms with E-state index in [1.54, 1.807) is 40.1 Å². The third-order valence-electron chi connectivity index (χ3n) is 3.09. The van der Waals surface area contributed by atoms with Gasteiger partial charge in [0.25, 0.3) is 0 Å². The van der Waals surface area contributed by atoms with Crippen LogP contribution in [0.5, 0.6) is 0 Å². The molecule has 0 fully saturated rings. The molecule has 126 valence electrons. The molecule has 0 heterocycles. The first kappa shape index (κ1) is 18.9. The zero-order chi connectivity index (χ0) is 17.9. The first-order chi connectivity index (χ1) is 11.5. The summed E-state index contributed by atoms with van der Waals surface area (Å²) < 4.78 is 0. The van der Waals surface area contributed by atoms with Gasteiger partial charge in [0.05, 0.1) is 35.3 Å². The third-order valence-corrected chi connectivity index (χ3v) is 3.09. The average Bonchev–Trinajstić information content (AvgIpc) is 2.60. The minimum atomic E-state index is 0.406. The van der Waals surface area contributed by atoms with Crippen LogP contribution in [0.3, 0.4) is 0 Å². The molecule has 0 radical (unpaired) electrons. The second-order valence-corrected chi connectivity index (χ2v) is 4.90. The summed E-state index contributed by atoms with van der Waals surface area (Å²) in [6.07, 6.45) is 3.17. The molecule has 0 aliphatic rings. The monoisotopic (exact) mass is 328 g/mol. The fraction of sp³-hybridized carbons (Fsp3) is 0.250. The number of nitrogens with zero attached hydrogens (tertiary/aromatic N) is 6. The molecule has 1 rings (SSSR count). The van der Waals surface area contributed by atoms with E-state index in [-0.39, 0.29) is 0 Å². The van der Waals surface area contributed by atoms with E-state index in [9.17, 15) is 0 Å². The van der Waals surface area contributed by atoms with Crippen molar-refractivity contribution >= 4 is 35.3 Å². The lowest BCUT2D eigenvalue weighted by atomic mass is 10.1. The summed E-state index contributed by atoms with van der Waals surface area (Å²) in [6, 6.07) is 7.46. The highest BCUT2D eigenvalue weighted by Gasteiger charge is 1.96. The molecule has 8 nitrogen and oxygen atoms in total. The van der Waals surface area contributed by atoms with Gasteiger partial charge < -0.3 is 10.4 Å². The first-order valence-corrected chi connectivity index (χ1v) is 7.11. The third kappa shape index (κ3) is 6.30. The highest BCUT2D eigenvalue weighted by molar-refractivity contribution is 6.40. The Bertz CT molecular complexity index is 685. The van der Waals surface area contributed by atoms with Gasteiger partial charge in [-0.05, 0) is 44.9 Å². The van der Waals surface area contributed by atoms with E-state index in [0.29, 0.717) is 22.8 Å². The van der Waals surface area contributed by atoms with Gasteiger partial charge in [-0.25, -0.2) is 0 Å². The molecule has 0 aromatic heterocycles. The van der Waals surface area contributed by atoms with E-state index < -0.39 is 0 Å². The molecule has 1 aromatic carbocycles. The zero-order valence-electron chi connectivity index (χ0n) is 14.0. The van der Waals surface area contributed by atoms with Crippen LogP contribution in [-0.2, 0) is 0 Å². The molecule has 24 heavy (non-hydrogen) atoms. The molecule has 0 atom stereocenters. The normalized spacial score (nSPS) is 14.8. The van der Waals surface area contributed by atoms with Crippen LogP contribution in [0, 0.1) is 0 Å². The average molecular weight is 328 g/mol. The molecular formula is C16H20N6O2. The van der Waals surface area contributed by atoms with Crippen molar-refractivity contribution in [3.05, 3.63) is 35.4 Å². The van der Waals surface area contributed by atoms with Crippen molar-refractivity contribution in [1.29, 1.82) is 0 Å². The van der Waals surface area contributed by atoms with Crippen LogP contribution in [0.1, 0.15) is 38.8 Å². The first-order valence-electron chi connectivity index (χ1n) is 7.11. The summed E-state index contributed by atoms with van der Waals surface area (Å²) in [5, 5.41) is 39.2. The van der Waals surface area contributed by atoms with Crippen molar-refractivity contribution in [2.24, 2.45) is 30.7 Å². The summed E-state index contributed by atoms with van der Waals surface area (Å²) in [6.45, 7) is 6.68. The molecule has 0 unspecified atom stereocenters. The van der Waals surface area contributed by atoms with Crippen LogP contribution >= 0.6 is 0 Å².